The predicted octanol–water partition coefficient (Wildman–Crippen LogP) is 2.75. The fourth-order valence-corrected chi connectivity index (χ4v) is 3.50. The molecule has 130 valence electrons. The van der Waals surface area contributed by atoms with E-state index in [1.807, 2.05) is 41.4 Å². The van der Waals surface area contributed by atoms with Crippen molar-refractivity contribution < 1.29 is 9.53 Å². The molecular formula is C20H23N3O2. The number of nitrogens with one attached hydrogen (secondary N) is 1. The van der Waals surface area contributed by atoms with Gasteiger partial charge in [-0.3, -0.25) is 9.78 Å². The van der Waals surface area contributed by atoms with E-state index in [9.17, 15) is 4.79 Å². The lowest BCUT2D eigenvalue weighted by Crippen LogP contribution is -2.49. The van der Waals surface area contributed by atoms with Crippen molar-refractivity contribution in [3.8, 4) is 5.75 Å². The zero-order valence-corrected chi connectivity index (χ0v) is 14.4. The molecule has 1 saturated heterocycles. The molecule has 1 aromatic carbocycles. The van der Waals surface area contributed by atoms with Gasteiger partial charge in [0.1, 0.15) is 11.4 Å². The molecule has 0 radical (unpaired) electrons. The molecule has 2 aliphatic rings. The lowest BCUT2D eigenvalue weighted by Gasteiger charge is -2.36. The minimum Gasteiger partial charge on any atom is -0.496 e. The molecule has 5 nitrogen and oxygen atoms in total. The van der Waals surface area contributed by atoms with E-state index in [1.54, 1.807) is 7.11 Å². The Hall–Kier alpha value is -2.40. The number of nitrogens with zero attached hydrogens (tertiary/aromatic N) is 2. The smallest absolute Gasteiger partial charge is 0.273 e. The van der Waals surface area contributed by atoms with Crippen LogP contribution in [0, 0.1) is 0 Å². The highest BCUT2D eigenvalue weighted by atomic mass is 16.5. The molecule has 1 aliphatic carbocycles. The molecule has 4 rings (SSSR count). The molecule has 1 unspecified atom stereocenters. The monoisotopic (exact) mass is 337 g/mol. The van der Waals surface area contributed by atoms with E-state index in [0.717, 1.165) is 17.9 Å². The van der Waals surface area contributed by atoms with E-state index in [-0.39, 0.29) is 11.9 Å². The van der Waals surface area contributed by atoms with Gasteiger partial charge in [-0.2, -0.15) is 0 Å². The normalized spacial score (nSPS) is 20.4. The van der Waals surface area contributed by atoms with Crippen LogP contribution in [0.25, 0.3) is 0 Å². The van der Waals surface area contributed by atoms with Crippen molar-refractivity contribution in [2.75, 3.05) is 26.7 Å². The van der Waals surface area contributed by atoms with Gasteiger partial charge in [-0.05, 0) is 36.5 Å². The van der Waals surface area contributed by atoms with Crippen LogP contribution in [-0.4, -0.2) is 42.5 Å². The molecule has 0 bridgehead atoms. The predicted molar refractivity (Wildman–Crippen MR) is 95.9 cm³/mol. The first-order chi connectivity index (χ1) is 12.3. The number of benzene rings is 1. The maximum Gasteiger partial charge on any atom is 0.273 e. The Balaban J connectivity index is 1.60. The molecule has 1 N–H and O–H groups in total. The summed E-state index contributed by atoms with van der Waals surface area (Å²) in [6.45, 7) is 2.16. The minimum atomic E-state index is -0.0534. The van der Waals surface area contributed by atoms with Gasteiger partial charge in [0, 0.05) is 31.4 Å². The van der Waals surface area contributed by atoms with Gasteiger partial charge in [0.25, 0.3) is 5.91 Å². The third-order valence-electron chi connectivity index (χ3n) is 5.06. The fraction of sp³-hybridized carbons (Fsp3) is 0.400. The molecule has 5 heteroatoms. The van der Waals surface area contributed by atoms with Gasteiger partial charge >= 0.3 is 0 Å². The van der Waals surface area contributed by atoms with Crippen LogP contribution < -0.4 is 10.1 Å². The summed E-state index contributed by atoms with van der Waals surface area (Å²) < 4.78 is 5.50. The summed E-state index contributed by atoms with van der Waals surface area (Å²) in [6.07, 6.45) is 4.34. The van der Waals surface area contributed by atoms with Gasteiger partial charge in [0.05, 0.1) is 13.2 Å². The van der Waals surface area contributed by atoms with Crippen molar-refractivity contribution in [3.05, 3.63) is 59.4 Å². The van der Waals surface area contributed by atoms with Crippen molar-refractivity contribution in [2.45, 2.75) is 24.8 Å². The fourth-order valence-electron chi connectivity index (χ4n) is 3.50. The summed E-state index contributed by atoms with van der Waals surface area (Å²) in [6, 6.07) is 11.8. The summed E-state index contributed by atoms with van der Waals surface area (Å²) in [7, 11) is 1.67. The van der Waals surface area contributed by atoms with E-state index < -0.39 is 0 Å². The molecular weight excluding hydrogens is 314 g/mol. The molecule has 2 fully saturated rings. The highest BCUT2D eigenvalue weighted by Gasteiger charge is 2.31. The SMILES string of the molecule is COc1ccccc1C1CNCCN1C(=O)c1ccc(C2CC2)cn1. The molecule has 1 saturated carbocycles. The third kappa shape index (κ3) is 3.24. The van der Waals surface area contributed by atoms with Crippen LogP contribution in [0.1, 0.15) is 46.4 Å². The quantitative estimate of drug-likeness (QED) is 0.932. The van der Waals surface area contributed by atoms with E-state index in [1.165, 1.54) is 18.4 Å². The molecule has 1 amide bonds. The number of ether oxygens (including phenoxy) is 1. The highest BCUT2D eigenvalue weighted by Crippen LogP contribution is 2.39. The van der Waals surface area contributed by atoms with Crippen LogP contribution in [0.5, 0.6) is 5.75 Å². The number of piperazine rings is 1. The maximum absolute atomic E-state index is 13.1. The topological polar surface area (TPSA) is 54.5 Å². The van der Waals surface area contributed by atoms with Gasteiger partial charge in [-0.25, -0.2) is 0 Å². The Bertz CT molecular complexity index is 756. The lowest BCUT2D eigenvalue weighted by atomic mass is 10.0. The van der Waals surface area contributed by atoms with E-state index in [4.69, 9.17) is 4.74 Å². The molecule has 1 aromatic heterocycles. The summed E-state index contributed by atoms with van der Waals surface area (Å²) in [5, 5.41) is 3.38. The number of hydrogen-bond acceptors (Lipinski definition) is 4. The Morgan fingerprint density at radius 3 is 2.80 bits per heavy atom. The Morgan fingerprint density at radius 1 is 1.24 bits per heavy atom. The second kappa shape index (κ2) is 6.84. The number of pyridine rings is 1. The van der Waals surface area contributed by atoms with Crippen LogP contribution in [0.3, 0.4) is 0 Å². The summed E-state index contributed by atoms with van der Waals surface area (Å²) in [5.41, 5.74) is 2.80. The van der Waals surface area contributed by atoms with Crippen molar-refractivity contribution >= 4 is 5.91 Å². The standard InChI is InChI=1S/C20H23N3O2/c1-25-19-5-3-2-4-16(19)18-13-21-10-11-23(18)20(24)17-9-8-15(12-22-17)14-6-7-14/h2-5,8-9,12,14,18,21H,6-7,10-11,13H2,1H3. The number of methoxy groups -OCH3 is 1. The number of carbonyl (C=O) groups excluding carboxylic acids is 1. The summed E-state index contributed by atoms with van der Waals surface area (Å²) in [5.74, 6) is 1.45. The molecule has 1 atom stereocenters. The van der Waals surface area contributed by atoms with Gasteiger partial charge < -0.3 is 15.0 Å². The van der Waals surface area contributed by atoms with Crippen LogP contribution in [-0.2, 0) is 0 Å². The maximum atomic E-state index is 13.1. The second-order valence-electron chi connectivity index (χ2n) is 6.71. The Kier molecular flexibility index (Phi) is 4.40. The summed E-state index contributed by atoms with van der Waals surface area (Å²) in [4.78, 5) is 19.4. The number of aromatic nitrogens is 1. The first-order valence-corrected chi connectivity index (χ1v) is 8.88. The van der Waals surface area contributed by atoms with Crippen LogP contribution >= 0.6 is 0 Å². The van der Waals surface area contributed by atoms with Gasteiger partial charge in [0.15, 0.2) is 0 Å². The minimum absolute atomic E-state index is 0.0141. The molecule has 2 aromatic rings. The van der Waals surface area contributed by atoms with E-state index in [0.29, 0.717) is 24.7 Å². The molecule has 0 spiro atoms. The van der Waals surface area contributed by atoms with Crippen molar-refractivity contribution in [1.82, 2.24) is 15.2 Å². The Labute approximate surface area is 148 Å². The molecule has 25 heavy (non-hydrogen) atoms. The van der Waals surface area contributed by atoms with Crippen LogP contribution in [0.2, 0.25) is 0 Å². The number of carbonyl (C=O) groups is 1. The lowest BCUT2D eigenvalue weighted by molar-refractivity contribution is 0.0625. The second-order valence-corrected chi connectivity index (χ2v) is 6.71. The first-order valence-electron chi connectivity index (χ1n) is 8.88. The number of rotatable bonds is 4. The number of para-hydroxylation sites is 1. The first kappa shape index (κ1) is 16.1. The number of hydrogen-bond donors (Lipinski definition) is 1. The average Bonchev–Trinajstić information content (AvgIpc) is 3.53. The van der Waals surface area contributed by atoms with Crippen molar-refractivity contribution in [1.29, 1.82) is 0 Å². The van der Waals surface area contributed by atoms with E-state index in [2.05, 4.69) is 16.4 Å². The number of amides is 1. The molecule has 1 aliphatic heterocycles. The average molecular weight is 337 g/mol. The van der Waals surface area contributed by atoms with Gasteiger partial charge in [0.2, 0.25) is 0 Å². The van der Waals surface area contributed by atoms with Crippen molar-refractivity contribution in [3.63, 3.8) is 0 Å². The largest absolute Gasteiger partial charge is 0.496 e. The molecule has 2 heterocycles. The van der Waals surface area contributed by atoms with Crippen molar-refractivity contribution in [2.24, 2.45) is 0 Å². The van der Waals surface area contributed by atoms with Crippen LogP contribution in [0.4, 0.5) is 0 Å². The van der Waals surface area contributed by atoms with E-state index >= 15 is 0 Å². The van der Waals surface area contributed by atoms with Crippen LogP contribution in [0.15, 0.2) is 42.6 Å². The highest BCUT2D eigenvalue weighted by molar-refractivity contribution is 5.92. The zero-order chi connectivity index (χ0) is 17.2. The zero-order valence-electron chi connectivity index (χ0n) is 14.4. The Morgan fingerprint density at radius 2 is 2.08 bits per heavy atom. The third-order valence-corrected chi connectivity index (χ3v) is 5.06. The van der Waals surface area contributed by atoms with Gasteiger partial charge in [-0.1, -0.05) is 24.3 Å². The summed E-state index contributed by atoms with van der Waals surface area (Å²) >= 11 is 0. The van der Waals surface area contributed by atoms with Gasteiger partial charge in [-0.15, -0.1) is 0 Å².